The lowest BCUT2D eigenvalue weighted by Crippen LogP contribution is -2.16. The molecule has 7 nitrogen and oxygen atoms in total. The van der Waals surface area contributed by atoms with Gasteiger partial charge in [-0.1, -0.05) is 12.1 Å². The summed E-state index contributed by atoms with van der Waals surface area (Å²) in [5.74, 6) is 0.680. The van der Waals surface area contributed by atoms with Gasteiger partial charge in [-0.3, -0.25) is 10.1 Å². The van der Waals surface area contributed by atoms with Crippen molar-refractivity contribution in [2.45, 2.75) is 12.8 Å². The van der Waals surface area contributed by atoms with E-state index in [9.17, 15) is 9.59 Å². The molecule has 1 aromatic carbocycles. The summed E-state index contributed by atoms with van der Waals surface area (Å²) in [6.45, 7) is 0. The molecule has 1 aromatic heterocycles. The predicted molar refractivity (Wildman–Crippen MR) is 72.2 cm³/mol. The first-order valence-electron chi connectivity index (χ1n) is 5.99. The number of nitrogens with zero attached hydrogens (tertiary/aromatic N) is 1. The van der Waals surface area contributed by atoms with Gasteiger partial charge < -0.3 is 15.5 Å². The summed E-state index contributed by atoms with van der Waals surface area (Å²) in [7, 11) is 0. The van der Waals surface area contributed by atoms with E-state index in [1.807, 2.05) is 0 Å². The van der Waals surface area contributed by atoms with Crippen LogP contribution in [0.15, 0.2) is 36.7 Å². The van der Waals surface area contributed by atoms with Crippen molar-refractivity contribution in [2.24, 2.45) is 5.73 Å². The van der Waals surface area contributed by atoms with Gasteiger partial charge in [-0.2, -0.15) is 0 Å². The normalized spacial score (nSPS) is 10.0. The third kappa shape index (κ3) is 4.13. The fourth-order valence-electron chi connectivity index (χ4n) is 1.63. The van der Waals surface area contributed by atoms with Crippen LogP contribution in [0, 0.1) is 0 Å². The number of hydrogen-bond donors (Lipinski definition) is 3. The second-order valence-corrected chi connectivity index (χ2v) is 4.05. The number of H-pyrrole nitrogens is 1. The number of primary amides is 1. The van der Waals surface area contributed by atoms with Crippen LogP contribution in [-0.4, -0.2) is 22.0 Å². The number of ether oxygens (including phenoxy) is 1. The molecule has 0 radical (unpaired) electrons. The average molecular weight is 274 g/mol. The van der Waals surface area contributed by atoms with E-state index in [0.29, 0.717) is 24.5 Å². The van der Waals surface area contributed by atoms with Crippen LogP contribution in [0.3, 0.4) is 0 Å². The molecule has 0 unspecified atom stereocenters. The van der Waals surface area contributed by atoms with Crippen LogP contribution in [0.4, 0.5) is 10.7 Å². The van der Waals surface area contributed by atoms with Gasteiger partial charge in [0.2, 0.25) is 11.9 Å². The van der Waals surface area contributed by atoms with E-state index in [4.69, 9.17) is 10.5 Å². The minimum atomic E-state index is -0.851. The second kappa shape index (κ2) is 6.37. The molecule has 0 aliphatic rings. The molecule has 0 aliphatic heterocycles. The number of benzene rings is 1. The lowest BCUT2D eigenvalue weighted by atomic mass is 10.1. The highest BCUT2D eigenvalue weighted by atomic mass is 16.5. The van der Waals surface area contributed by atoms with Crippen LogP contribution in [0.2, 0.25) is 0 Å². The third-order valence-corrected chi connectivity index (χ3v) is 2.54. The van der Waals surface area contributed by atoms with Gasteiger partial charge in [-0.05, 0) is 24.1 Å². The van der Waals surface area contributed by atoms with Gasteiger partial charge in [0.05, 0.1) is 0 Å². The lowest BCUT2D eigenvalue weighted by Gasteiger charge is -2.04. The average Bonchev–Trinajstić information content (AvgIpc) is 2.90. The Hall–Kier alpha value is -2.83. The smallest absolute Gasteiger partial charge is 0.409 e. The number of nitrogens with one attached hydrogen (secondary N) is 2. The molecule has 4 N–H and O–H groups in total. The van der Waals surface area contributed by atoms with Crippen molar-refractivity contribution >= 4 is 17.9 Å². The molecule has 2 aromatic rings. The largest absolute Gasteiger partial charge is 0.411 e. The Bertz CT molecular complexity index is 578. The van der Waals surface area contributed by atoms with Crippen LogP contribution < -0.4 is 15.8 Å². The minimum absolute atomic E-state index is 0.127. The van der Waals surface area contributed by atoms with E-state index in [1.165, 1.54) is 0 Å². The van der Waals surface area contributed by atoms with Crippen LogP contribution in [0.1, 0.15) is 12.0 Å². The Morgan fingerprint density at radius 2 is 2.05 bits per heavy atom. The summed E-state index contributed by atoms with van der Waals surface area (Å²) >= 11 is 0. The second-order valence-electron chi connectivity index (χ2n) is 4.05. The molecule has 0 bridgehead atoms. The summed E-state index contributed by atoms with van der Waals surface area (Å²) in [5.41, 5.74) is 5.86. The van der Waals surface area contributed by atoms with Gasteiger partial charge >= 0.3 is 6.09 Å². The lowest BCUT2D eigenvalue weighted by molar-refractivity contribution is -0.116. The zero-order chi connectivity index (χ0) is 14.4. The van der Waals surface area contributed by atoms with Crippen molar-refractivity contribution in [2.75, 3.05) is 5.32 Å². The molecule has 0 saturated carbocycles. The number of aromatic amines is 1. The zero-order valence-electron chi connectivity index (χ0n) is 10.6. The van der Waals surface area contributed by atoms with Crippen molar-refractivity contribution < 1.29 is 14.3 Å². The predicted octanol–water partition coefficient (Wildman–Crippen LogP) is 1.44. The van der Waals surface area contributed by atoms with E-state index in [-0.39, 0.29) is 5.91 Å². The van der Waals surface area contributed by atoms with E-state index < -0.39 is 6.09 Å². The molecule has 104 valence electrons. The Morgan fingerprint density at radius 3 is 2.65 bits per heavy atom. The number of rotatable bonds is 5. The fraction of sp³-hybridized carbons (Fsp3) is 0.154. The molecule has 2 amide bonds. The molecule has 20 heavy (non-hydrogen) atoms. The van der Waals surface area contributed by atoms with Gasteiger partial charge in [0.15, 0.2) is 0 Å². The molecule has 7 heteroatoms. The van der Waals surface area contributed by atoms with Crippen molar-refractivity contribution in [1.29, 1.82) is 0 Å². The maximum Gasteiger partial charge on any atom is 0.409 e. The van der Waals surface area contributed by atoms with Crippen molar-refractivity contribution in [3.05, 3.63) is 42.2 Å². The van der Waals surface area contributed by atoms with Crippen molar-refractivity contribution in [1.82, 2.24) is 9.97 Å². The van der Waals surface area contributed by atoms with Gasteiger partial charge in [0.1, 0.15) is 5.75 Å². The van der Waals surface area contributed by atoms with Gasteiger partial charge in [-0.15, -0.1) is 0 Å². The molecule has 0 fully saturated rings. The van der Waals surface area contributed by atoms with Crippen molar-refractivity contribution in [3.63, 3.8) is 0 Å². The van der Waals surface area contributed by atoms with Gasteiger partial charge in [-0.25, -0.2) is 9.78 Å². The zero-order valence-corrected chi connectivity index (χ0v) is 10.6. The Kier molecular flexibility index (Phi) is 4.33. The van der Waals surface area contributed by atoms with E-state index in [1.54, 1.807) is 36.7 Å². The summed E-state index contributed by atoms with van der Waals surface area (Å²) < 4.78 is 4.71. The first kappa shape index (κ1) is 13.6. The first-order valence-corrected chi connectivity index (χ1v) is 5.99. The molecule has 1 heterocycles. The van der Waals surface area contributed by atoms with Crippen LogP contribution in [0.25, 0.3) is 0 Å². The van der Waals surface area contributed by atoms with Crippen molar-refractivity contribution in [3.8, 4) is 5.75 Å². The number of aromatic nitrogens is 2. The number of imidazole rings is 1. The minimum Gasteiger partial charge on any atom is -0.411 e. The number of amides is 2. The summed E-state index contributed by atoms with van der Waals surface area (Å²) in [6.07, 6.45) is 3.25. The molecular weight excluding hydrogens is 260 g/mol. The van der Waals surface area contributed by atoms with Crippen LogP contribution in [-0.2, 0) is 11.2 Å². The summed E-state index contributed by atoms with van der Waals surface area (Å²) in [4.78, 5) is 28.9. The van der Waals surface area contributed by atoms with E-state index >= 15 is 0 Å². The Morgan fingerprint density at radius 1 is 1.30 bits per heavy atom. The summed E-state index contributed by atoms with van der Waals surface area (Å²) in [6, 6.07) is 6.81. The number of carbonyl (C=O) groups is 2. The number of carbonyl (C=O) groups excluding carboxylic acids is 2. The molecule has 2 rings (SSSR count). The number of anilines is 1. The maximum absolute atomic E-state index is 11.6. The Balaban J connectivity index is 1.81. The Labute approximate surface area is 115 Å². The highest BCUT2D eigenvalue weighted by Gasteiger charge is 2.05. The topological polar surface area (TPSA) is 110 Å². The monoisotopic (exact) mass is 274 g/mol. The molecule has 0 saturated heterocycles. The number of hydrogen-bond acceptors (Lipinski definition) is 4. The number of aryl methyl sites for hydroxylation is 1. The summed E-state index contributed by atoms with van der Waals surface area (Å²) in [5, 5.41) is 2.64. The van der Waals surface area contributed by atoms with E-state index in [2.05, 4.69) is 15.3 Å². The SMILES string of the molecule is NC(=O)Oc1ccc(CCC(=O)Nc2ncc[nH]2)cc1. The van der Waals surface area contributed by atoms with Gasteiger partial charge in [0.25, 0.3) is 0 Å². The van der Waals surface area contributed by atoms with Gasteiger partial charge in [0, 0.05) is 18.8 Å². The highest BCUT2D eigenvalue weighted by molar-refractivity contribution is 5.89. The maximum atomic E-state index is 11.6. The molecule has 0 aliphatic carbocycles. The number of nitrogens with two attached hydrogens (primary N) is 1. The molecule has 0 atom stereocenters. The first-order chi connectivity index (χ1) is 9.63. The highest BCUT2D eigenvalue weighted by Crippen LogP contribution is 2.13. The standard InChI is InChI=1S/C13H14N4O3/c14-12(19)20-10-4-1-9(2-5-10)3-6-11(18)17-13-15-7-8-16-13/h1-2,4-5,7-8H,3,6H2,(H2,14,19)(H2,15,16,17,18). The van der Waals surface area contributed by atoms with E-state index in [0.717, 1.165) is 5.56 Å². The quantitative estimate of drug-likeness (QED) is 0.766. The fourth-order valence-corrected chi connectivity index (χ4v) is 1.63. The molecular formula is C13H14N4O3. The molecule has 0 spiro atoms. The van der Waals surface area contributed by atoms with Crippen LogP contribution >= 0.6 is 0 Å². The third-order valence-electron chi connectivity index (χ3n) is 2.54. The van der Waals surface area contributed by atoms with Crippen LogP contribution in [0.5, 0.6) is 5.75 Å².